The Morgan fingerprint density at radius 2 is 1.03 bits per heavy atom. The molecule has 2 aromatic rings. The van der Waals surface area contributed by atoms with Gasteiger partial charge in [-0.3, -0.25) is 0 Å². The Labute approximate surface area is 178 Å². The van der Waals surface area contributed by atoms with E-state index >= 15 is 0 Å². The Balaban J connectivity index is 2.66. The second-order valence-corrected chi connectivity index (χ2v) is 8.20. The second kappa shape index (κ2) is 11.3. The molecule has 0 aliphatic carbocycles. The van der Waals surface area contributed by atoms with E-state index in [1.807, 2.05) is 36.4 Å². The highest BCUT2D eigenvalue weighted by Gasteiger charge is 2.39. The minimum Gasteiger partial charge on any atom is -0.496 e. The van der Waals surface area contributed by atoms with Gasteiger partial charge in [0.1, 0.15) is 23.0 Å². The summed E-state index contributed by atoms with van der Waals surface area (Å²) in [5.74, 6) is 3.17. The lowest BCUT2D eigenvalue weighted by Crippen LogP contribution is -2.24. The monoisotopic (exact) mass is 418 g/mol. The lowest BCUT2D eigenvalue weighted by Gasteiger charge is -2.35. The first-order valence-electron chi connectivity index (χ1n) is 10.3. The molecule has 0 aromatic heterocycles. The third-order valence-corrected chi connectivity index (χ3v) is 6.29. The molecule has 0 fully saturated rings. The predicted octanol–water partition coefficient (Wildman–Crippen LogP) is 6.20. The highest BCUT2D eigenvalue weighted by atomic mass is 31.0. The molecule has 5 heteroatoms. The van der Waals surface area contributed by atoms with Crippen LogP contribution in [0.2, 0.25) is 0 Å². The van der Waals surface area contributed by atoms with Crippen LogP contribution >= 0.6 is 9.24 Å². The highest BCUT2D eigenvalue weighted by Crippen LogP contribution is 2.55. The third kappa shape index (κ3) is 5.17. The molecule has 0 bridgehead atoms. The van der Waals surface area contributed by atoms with Gasteiger partial charge in [-0.1, -0.05) is 51.2 Å². The van der Waals surface area contributed by atoms with E-state index in [0.29, 0.717) is 0 Å². The minimum absolute atomic E-state index is 0.484. The van der Waals surface area contributed by atoms with Gasteiger partial charge in [0.15, 0.2) is 0 Å². The lowest BCUT2D eigenvalue weighted by atomic mass is 9.83. The summed E-state index contributed by atoms with van der Waals surface area (Å²) in [6.07, 6.45) is 6.88. The summed E-state index contributed by atoms with van der Waals surface area (Å²) in [6.45, 7) is 2.24. The topological polar surface area (TPSA) is 36.9 Å². The molecule has 4 nitrogen and oxygen atoms in total. The number of methoxy groups -OCH3 is 4. The molecule has 0 spiro atoms. The number of hydrogen-bond acceptors (Lipinski definition) is 4. The van der Waals surface area contributed by atoms with E-state index in [-0.39, 0.29) is 0 Å². The van der Waals surface area contributed by atoms with Crippen LogP contribution in [0.3, 0.4) is 0 Å². The van der Waals surface area contributed by atoms with Crippen LogP contribution in [0.5, 0.6) is 23.0 Å². The Hall–Kier alpha value is -1.93. The maximum atomic E-state index is 5.77. The summed E-state index contributed by atoms with van der Waals surface area (Å²) in [7, 11) is 9.87. The van der Waals surface area contributed by atoms with Gasteiger partial charge in [-0.15, -0.1) is 9.24 Å². The van der Waals surface area contributed by atoms with E-state index < -0.39 is 5.16 Å². The van der Waals surface area contributed by atoms with Gasteiger partial charge in [0, 0.05) is 5.16 Å². The fourth-order valence-electron chi connectivity index (χ4n) is 3.96. The second-order valence-electron chi connectivity index (χ2n) is 7.21. The molecule has 1 atom stereocenters. The molecule has 0 aliphatic heterocycles. The largest absolute Gasteiger partial charge is 0.496 e. The molecule has 0 radical (unpaired) electrons. The predicted molar refractivity (Wildman–Crippen MR) is 123 cm³/mol. The molecule has 160 valence electrons. The molecule has 0 heterocycles. The van der Waals surface area contributed by atoms with E-state index in [9.17, 15) is 0 Å². The van der Waals surface area contributed by atoms with E-state index in [0.717, 1.165) is 47.0 Å². The minimum atomic E-state index is -0.484. The Bertz CT molecular complexity index is 675. The zero-order valence-corrected chi connectivity index (χ0v) is 19.6. The van der Waals surface area contributed by atoms with Crippen molar-refractivity contribution in [3.05, 3.63) is 47.5 Å². The molecule has 0 aliphatic rings. The summed E-state index contributed by atoms with van der Waals surface area (Å²) >= 11 is 0. The van der Waals surface area contributed by atoms with Crippen LogP contribution in [0.1, 0.15) is 56.6 Å². The molecule has 0 saturated carbocycles. The van der Waals surface area contributed by atoms with Crippen molar-refractivity contribution in [3.8, 4) is 23.0 Å². The van der Waals surface area contributed by atoms with Crippen molar-refractivity contribution < 1.29 is 18.9 Å². The molecule has 0 amide bonds. The number of benzene rings is 2. The number of ether oxygens (including phenoxy) is 4. The fraction of sp³-hybridized carbons (Fsp3) is 0.500. The van der Waals surface area contributed by atoms with E-state index in [2.05, 4.69) is 16.2 Å². The van der Waals surface area contributed by atoms with Gasteiger partial charge in [0.2, 0.25) is 0 Å². The zero-order valence-electron chi connectivity index (χ0n) is 18.4. The summed E-state index contributed by atoms with van der Waals surface area (Å²) in [4.78, 5) is 0. The van der Waals surface area contributed by atoms with E-state index in [4.69, 9.17) is 18.9 Å². The van der Waals surface area contributed by atoms with Crippen molar-refractivity contribution in [1.82, 2.24) is 0 Å². The van der Waals surface area contributed by atoms with E-state index in [1.54, 1.807) is 28.4 Å². The van der Waals surface area contributed by atoms with Gasteiger partial charge in [0.05, 0.1) is 39.6 Å². The summed E-state index contributed by atoms with van der Waals surface area (Å²) in [5.41, 5.74) is 1.99. The Kier molecular flexibility index (Phi) is 9.10. The molecule has 2 rings (SSSR count). The van der Waals surface area contributed by atoms with Crippen molar-refractivity contribution in [3.63, 3.8) is 0 Å². The summed E-state index contributed by atoms with van der Waals surface area (Å²) in [5, 5.41) is -0.484. The van der Waals surface area contributed by atoms with Gasteiger partial charge >= 0.3 is 0 Å². The van der Waals surface area contributed by atoms with Crippen molar-refractivity contribution in [1.29, 1.82) is 0 Å². The average molecular weight is 419 g/mol. The number of unbranched alkanes of at least 4 members (excludes halogenated alkanes) is 4. The van der Waals surface area contributed by atoms with Gasteiger partial charge in [-0.25, -0.2) is 0 Å². The van der Waals surface area contributed by atoms with Crippen LogP contribution in [-0.2, 0) is 5.16 Å². The van der Waals surface area contributed by atoms with Crippen LogP contribution in [0.4, 0.5) is 0 Å². The van der Waals surface area contributed by atoms with Crippen LogP contribution < -0.4 is 18.9 Å². The third-order valence-electron chi connectivity index (χ3n) is 5.42. The normalized spacial score (nSPS) is 11.2. The maximum absolute atomic E-state index is 5.77. The zero-order chi connectivity index (χ0) is 21.3. The van der Waals surface area contributed by atoms with Crippen molar-refractivity contribution in [2.24, 2.45) is 0 Å². The molecule has 0 saturated heterocycles. The van der Waals surface area contributed by atoms with Crippen LogP contribution in [0.25, 0.3) is 0 Å². The van der Waals surface area contributed by atoms with Crippen molar-refractivity contribution >= 4 is 9.24 Å². The van der Waals surface area contributed by atoms with Crippen LogP contribution in [-0.4, -0.2) is 28.4 Å². The quantitative estimate of drug-likeness (QED) is 0.304. The molecule has 29 heavy (non-hydrogen) atoms. The fourth-order valence-corrected chi connectivity index (χ4v) is 4.74. The van der Waals surface area contributed by atoms with Gasteiger partial charge < -0.3 is 18.9 Å². The smallest absolute Gasteiger partial charge is 0.127 e. The lowest BCUT2D eigenvalue weighted by molar-refractivity contribution is 0.358. The standard InChI is InChI=1S/C24H35O4P/c1-6-7-8-9-10-17-24(29,22-18(25-2)13-11-14-19(22)26-3)23-20(27-4)15-12-16-21(23)28-5/h11-16H,6-10,17,29H2,1-5H3. The first kappa shape index (κ1) is 23.3. The van der Waals surface area contributed by atoms with Crippen LogP contribution in [0, 0.1) is 0 Å². The molecular weight excluding hydrogens is 383 g/mol. The molecule has 0 N–H and O–H groups in total. The number of rotatable bonds is 12. The first-order valence-corrected chi connectivity index (χ1v) is 10.9. The molecule has 2 aromatic carbocycles. The van der Waals surface area contributed by atoms with Crippen molar-refractivity contribution in [2.45, 2.75) is 50.6 Å². The summed E-state index contributed by atoms with van der Waals surface area (Å²) < 4.78 is 23.1. The average Bonchev–Trinajstić information content (AvgIpc) is 2.77. The summed E-state index contributed by atoms with van der Waals surface area (Å²) in [6, 6.07) is 11.8. The van der Waals surface area contributed by atoms with Crippen molar-refractivity contribution in [2.75, 3.05) is 28.4 Å². The maximum Gasteiger partial charge on any atom is 0.127 e. The van der Waals surface area contributed by atoms with E-state index in [1.165, 1.54) is 25.7 Å². The van der Waals surface area contributed by atoms with Gasteiger partial charge in [-0.2, -0.15) is 0 Å². The highest BCUT2D eigenvalue weighted by molar-refractivity contribution is 7.19. The Morgan fingerprint density at radius 3 is 1.38 bits per heavy atom. The number of hydrogen-bond donors (Lipinski definition) is 0. The molecular formula is C24H35O4P. The first-order chi connectivity index (χ1) is 14.1. The molecule has 1 unspecified atom stereocenters. The SMILES string of the molecule is CCCCCCCC(P)(c1c(OC)cccc1OC)c1c(OC)cccc1OC. The van der Waals surface area contributed by atoms with Gasteiger partial charge in [-0.05, 0) is 30.7 Å². The Morgan fingerprint density at radius 1 is 0.655 bits per heavy atom. The van der Waals surface area contributed by atoms with Gasteiger partial charge in [0.25, 0.3) is 0 Å². The van der Waals surface area contributed by atoms with Crippen LogP contribution in [0.15, 0.2) is 36.4 Å².